The van der Waals surface area contributed by atoms with Gasteiger partial charge in [-0.2, -0.15) is 0 Å². The van der Waals surface area contributed by atoms with Gasteiger partial charge in [0.25, 0.3) is 0 Å². The summed E-state index contributed by atoms with van der Waals surface area (Å²) in [4.78, 5) is 16.6. The van der Waals surface area contributed by atoms with E-state index in [0.717, 1.165) is 28.8 Å². The molecule has 1 amide bonds. The van der Waals surface area contributed by atoms with Crippen molar-refractivity contribution in [2.24, 2.45) is 5.41 Å². The van der Waals surface area contributed by atoms with E-state index >= 15 is 0 Å². The number of aromatic nitrogens is 1. The van der Waals surface area contributed by atoms with E-state index in [1.54, 1.807) is 6.20 Å². The number of benzene rings is 1. The Morgan fingerprint density at radius 2 is 2.05 bits per heavy atom. The molecule has 1 N–H and O–H groups in total. The van der Waals surface area contributed by atoms with Gasteiger partial charge >= 0.3 is 0 Å². The molecule has 112 valence electrons. The first kappa shape index (κ1) is 15.3. The smallest absolute Gasteiger partial charge is 0.229 e. The molecule has 0 aliphatic rings. The number of hydrogen-bond donors (Lipinski definition) is 1. The number of hydrogen-bond acceptors (Lipinski definition) is 3. The van der Waals surface area contributed by atoms with Crippen LogP contribution in [0.2, 0.25) is 0 Å². The molecule has 0 saturated heterocycles. The van der Waals surface area contributed by atoms with E-state index in [4.69, 9.17) is 4.74 Å². The van der Waals surface area contributed by atoms with E-state index in [-0.39, 0.29) is 5.91 Å². The lowest BCUT2D eigenvalue weighted by Gasteiger charge is -2.19. The molecule has 0 atom stereocenters. The lowest BCUT2D eigenvalue weighted by atomic mass is 9.95. The highest BCUT2D eigenvalue weighted by atomic mass is 16.5. The van der Waals surface area contributed by atoms with Crippen molar-refractivity contribution in [1.82, 2.24) is 4.98 Å². The highest BCUT2D eigenvalue weighted by Gasteiger charge is 2.22. The number of ether oxygens (including phenoxy) is 1. The molecule has 0 unspecified atom stereocenters. The van der Waals surface area contributed by atoms with Crippen LogP contribution in [0.3, 0.4) is 0 Å². The maximum atomic E-state index is 12.2. The van der Waals surface area contributed by atoms with E-state index in [9.17, 15) is 4.79 Å². The third-order valence-electron chi connectivity index (χ3n) is 3.12. The van der Waals surface area contributed by atoms with Crippen LogP contribution in [0.25, 0.3) is 10.9 Å². The summed E-state index contributed by atoms with van der Waals surface area (Å²) in [6.07, 6.45) is 2.67. The standard InChI is InChI=1S/C17H22N2O2/c1-5-11-21-14-9-8-13(19-16(20)17(2,3)4)12-7-6-10-18-15(12)14/h6-10H,5,11H2,1-4H3,(H,19,20). The number of anilines is 1. The monoisotopic (exact) mass is 286 g/mol. The van der Waals surface area contributed by atoms with Gasteiger partial charge in [0, 0.05) is 17.0 Å². The minimum Gasteiger partial charge on any atom is -0.491 e. The number of nitrogens with one attached hydrogen (secondary N) is 1. The summed E-state index contributed by atoms with van der Waals surface area (Å²) in [5.74, 6) is 0.732. The maximum Gasteiger partial charge on any atom is 0.229 e. The van der Waals surface area contributed by atoms with Crippen molar-refractivity contribution in [2.75, 3.05) is 11.9 Å². The Hall–Kier alpha value is -2.10. The van der Waals surface area contributed by atoms with E-state index < -0.39 is 5.41 Å². The molecule has 0 radical (unpaired) electrons. The van der Waals surface area contributed by atoms with Crippen LogP contribution < -0.4 is 10.1 Å². The van der Waals surface area contributed by atoms with Crippen molar-refractivity contribution >= 4 is 22.5 Å². The molecule has 0 bridgehead atoms. The summed E-state index contributed by atoms with van der Waals surface area (Å²) in [5.41, 5.74) is 1.10. The van der Waals surface area contributed by atoms with Gasteiger partial charge in [-0.05, 0) is 30.7 Å². The first-order chi connectivity index (χ1) is 9.93. The molecule has 1 aromatic carbocycles. The molecule has 1 aromatic heterocycles. The second-order valence-electron chi connectivity index (χ2n) is 6.06. The van der Waals surface area contributed by atoms with Crippen molar-refractivity contribution in [2.45, 2.75) is 34.1 Å². The summed E-state index contributed by atoms with van der Waals surface area (Å²) >= 11 is 0. The summed E-state index contributed by atoms with van der Waals surface area (Å²) in [6.45, 7) is 8.39. The quantitative estimate of drug-likeness (QED) is 0.924. The Morgan fingerprint density at radius 1 is 1.29 bits per heavy atom. The summed E-state index contributed by atoms with van der Waals surface area (Å²) in [5, 5.41) is 3.87. The van der Waals surface area contributed by atoms with Crippen LogP contribution in [0, 0.1) is 5.41 Å². The molecule has 0 spiro atoms. The largest absolute Gasteiger partial charge is 0.491 e. The normalized spacial score (nSPS) is 11.4. The molecule has 2 rings (SSSR count). The minimum atomic E-state index is -0.439. The number of fused-ring (bicyclic) bond motifs is 1. The Morgan fingerprint density at radius 3 is 2.71 bits per heavy atom. The average molecular weight is 286 g/mol. The van der Waals surface area contributed by atoms with Crippen LogP contribution in [0.4, 0.5) is 5.69 Å². The Bertz CT molecular complexity index is 645. The van der Waals surface area contributed by atoms with Crippen LogP contribution in [0.1, 0.15) is 34.1 Å². The molecule has 0 fully saturated rings. The van der Waals surface area contributed by atoms with Gasteiger partial charge in [0.15, 0.2) is 0 Å². The van der Waals surface area contributed by atoms with Crippen molar-refractivity contribution in [3.8, 4) is 5.75 Å². The molecule has 4 nitrogen and oxygen atoms in total. The van der Waals surface area contributed by atoms with Gasteiger partial charge in [0.05, 0.1) is 12.3 Å². The lowest BCUT2D eigenvalue weighted by Crippen LogP contribution is -2.27. The van der Waals surface area contributed by atoms with Crippen LogP contribution >= 0.6 is 0 Å². The number of rotatable bonds is 4. The predicted molar refractivity (Wildman–Crippen MR) is 85.6 cm³/mol. The number of amides is 1. The van der Waals surface area contributed by atoms with Gasteiger partial charge in [-0.25, -0.2) is 0 Å². The fourth-order valence-corrected chi connectivity index (χ4v) is 1.89. The molecule has 0 aliphatic carbocycles. The van der Waals surface area contributed by atoms with Gasteiger partial charge in [-0.15, -0.1) is 0 Å². The second kappa shape index (κ2) is 6.12. The van der Waals surface area contributed by atoms with Gasteiger partial charge in [-0.3, -0.25) is 9.78 Å². The third-order valence-corrected chi connectivity index (χ3v) is 3.12. The van der Waals surface area contributed by atoms with Crippen molar-refractivity contribution < 1.29 is 9.53 Å². The van der Waals surface area contributed by atoms with E-state index in [1.165, 1.54) is 0 Å². The maximum absolute atomic E-state index is 12.2. The zero-order valence-electron chi connectivity index (χ0n) is 13.1. The lowest BCUT2D eigenvalue weighted by molar-refractivity contribution is -0.123. The molecule has 2 aromatic rings. The third kappa shape index (κ3) is 3.51. The molecule has 0 aliphatic heterocycles. The van der Waals surface area contributed by atoms with Crippen molar-refractivity contribution in [3.05, 3.63) is 30.5 Å². The van der Waals surface area contributed by atoms with Gasteiger partial charge in [0.1, 0.15) is 11.3 Å². The Labute approximate surface area is 125 Å². The van der Waals surface area contributed by atoms with Gasteiger partial charge < -0.3 is 10.1 Å². The van der Waals surface area contributed by atoms with Crippen LogP contribution in [0.15, 0.2) is 30.5 Å². The predicted octanol–water partition coefficient (Wildman–Crippen LogP) is 4.01. The van der Waals surface area contributed by atoms with Crippen molar-refractivity contribution in [3.63, 3.8) is 0 Å². The number of carbonyl (C=O) groups is 1. The van der Waals surface area contributed by atoms with E-state index in [0.29, 0.717) is 6.61 Å². The fourth-order valence-electron chi connectivity index (χ4n) is 1.89. The van der Waals surface area contributed by atoms with Gasteiger partial charge in [-0.1, -0.05) is 27.7 Å². The Balaban J connectivity index is 2.40. The topological polar surface area (TPSA) is 51.2 Å². The number of carbonyl (C=O) groups excluding carboxylic acids is 1. The van der Waals surface area contributed by atoms with E-state index in [2.05, 4.69) is 17.2 Å². The fraction of sp³-hybridized carbons (Fsp3) is 0.412. The first-order valence-electron chi connectivity index (χ1n) is 7.25. The number of nitrogens with zero attached hydrogens (tertiary/aromatic N) is 1. The van der Waals surface area contributed by atoms with Crippen LogP contribution in [-0.4, -0.2) is 17.5 Å². The summed E-state index contributed by atoms with van der Waals surface area (Å²) in [7, 11) is 0. The molecule has 21 heavy (non-hydrogen) atoms. The van der Waals surface area contributed by atoms with E-state index in [1.807, 2.05) is 45.0 Å². The zero-order valence-corrected chi connectivity index (χ0v) is 13.1. The molecule has 4 heteroatoms. The molecule has 0 saturated carbocycles. The van der Waals surface area contributed by atoms with Crippen molar-refractivity contribution in [1.29, 1.82) is 0 Å². The Kier molecular flexibility index (Phi) is 4.46. The molecular formula is C17H22N2O2. The molecular weight excluding hydrogens is 264 g/mol. The minimum absolute atomic E-state index is 0.0186. The van der Waals surface area contributed by atoms with Crippen LogP contribution in [-0.2, 0) is 4.79 Å². The average Bonchev–Trinajstić information content (AvgIpc) is 2.45. The summed E-state index contributed by atoms with van der Waals surface area (Å²) < 4.78 is 5.72. The number of pyridine rings is 1. The first-order valence-corrected chi connectivity index (χ1v) is 7.25. The summed E-state index contributed by atoms with van der Waals surface area (Å²) in [6, 6.07) is 7.54. The molecule has 1 heterocycles. The highest BCUT2D eigenvalue weighted by Crippen LogP contribution is 2.31. The highest BCUT2D eigenvalue weighted by molar-refractivity contribution is 6.04. The zero-order chi connectivity index (χ0) is 15.5. The van der Waals surface area contributed by atoms with Crippen LogP contribution in [0.5, 0.6) is 5.75 Å². The van der Waals surface area contributed by atoms with Gasteiger partial charge in [0.2, 0.25) is 5.91 Å². The second-order valence-corrected chi connectivity index (χ2v) is 6.06. The SMILES string of the molecule is CCCOc1ccc(NC(=O)C(C)(C)C)c2cccnc12.